The molecule has 2 rings (SSSR count). The van der Waals surface area contributed by atoms with Crippen LogP contribution in [-0.2, 0) is 0 Å². The Balaban J connectivity index is 2.55. The standard InChI is InChI=1S/C10H6ClF3N2O2/c11-6-3-5-1-2-7(10(12,13)14)16(9(17)18)8(5)15-4-6/h1-4,7H,(H,17,18). The maximum Gasteiger partial charge on any atom is 0.413 e. The van der Waals surface area contributed by atoms with E-state index in [0.717, 1.165) is 18.3 Å². The van der Waals surface area contributed by atoms with Crippen LogP contribution < -0.4 is 4.90 Å². The fourth-order valence-corrected chi connectivity index (χ4v) is 1.82. The number of nitrogens with zero attached hydrogens (tertiary/aromatic N) is 2. The molecule has 4 nitrogen and oxygen atoms in total. The minimum Gasteiger partial charge on any atom is -0.465 e. The number of hydrogen-bond donors (Lipinski definition) is 1. The van der Waals surface area contributed by atoms with Crippen molar-refractivity contribution in [2.45, 2.75) is 12.2 Å². The van der Waals surface area contributed by atoms with Crippen molar-refractivity contribution >= 4 is 29.6 Å². The monoisotopic (exact) mass is 278 g/mol. The predicted molar refractivity (Wildman–Crippen MR) is 58.6 cm³/mol. The number of pyridine rings is 1. The van der Waals surface area contributed by atoms with Crippen LogP contribution in [0.1, 0.15) is 5.56 Å². The average molecular weight is 279 g/mol. The number of hydrogen-bond acceptors (Lipinski definition) is 2. The molecule has 8 heteroatoms. The Hall–Kier alpha value is -1.76. The fourth-order valence-electron chi connectivity index (χ4n) is 1.65. The van der Waals surface area contributed by atoms with E-state index in [9.17, 15) is 18.0 Å². The molecular formula is C10H6ClF3N2O2. The molecule has 18 heavy (non-hydrogen) atoms. The van der Waals surface area contributed by atoms with Crippen LogP contribution in [0.25, 0.3) is 6.08 Å². The quantitative estimate of drug-likeness (QED) is 0.793. The molecule has 1 aliphatic heterocycles. The minimum absolute atomic E-state index is 0.172. The van der Waals surface area contributed by atoms with E-state index < -0.39 is 18.3 Å². The third-order valence-corrected chi connectivity index (χ3v) is 2.57. The largest absolute Gasteiger partial charge is 0.465 e. The van der Waals surface area contributed by atoms with E-state index in [1.807, 2.05) is 0 Å². The van der Waals surface area contributed by atoms with Gasteiger partial charge in [-0.05, 0) is 6.07 Å². The van der Waals surface area contributed by atoms with Crippen molar-refractivity contribution in [2.24, 2.45) is 0 Å². The molecule has 1 amide bonds. The van der Waals surface area contributed by atoms with E-state index in [-0.39, 0.29) is 21.3 Å². The lowest BCUT2D eigenvalue weighted by molar-refractivity contribution is -0.137. The summed E-state index contributed by atoms with van der Waals surface area (Å²) in [6, 6.07) is -0.890. The molecule has 0 fully saturated rings. The Morgan fingerprint density at radius 3 is 2.72 bits per heavy atom. The van der Waals surface area contributed by atoms with Crippen LogP contribution in [0.15, 0.2) is 18.3 Å². The number of anilines is 1. The van der Waals surface area contributed by atoms with Crippen LogP contribution in [0.3, 0.4) is 0 Å². The van der Waals surface area contributed by atoms with Crippen molar-refractivity contribution in [2.75, 3.05) is 4.90 Å². The highest BCUT2D eigenvalue weighted by atomic mass is 35.5. The normalized spacial score (nSPS) is 18.7. The number of carbonyl (C=O) groups is 1. The van der Waals surface area contributed by atoms with Gasteiger partial charge in [-0.1, -0.05) is 23.8 Å². The zero-order valence-electron chi connectivity index (χ0n) is 8.65. The Labute approximate surface area is 104 Å². The molecular weight excluding hydrogens is 273 g/mol. The van der Waals surface area contributed by atoms with Gasteiger partial charge in [0.05, 0.1) is 5.02 Å². The number of amides is 1. The van der Waals surface area contributed by atoms with Gasteiger partial charge in [-0.25, -0.2) is 14.7 Å². The second-order valence-corrected chi connectivity index (χ2v) is 4.00. The summed E-state index contributed by atoms with van der Waals surface area (Å²) in [5.41, 5.74) is 0.227. The van der Waals surface area contributed by atoms with E-state index in [0.29, 0.717) is 0 Å². The van der Waals surface area contributed by atoms with Gasteiger partial charge in [0.1, 0.15) is 5.82 Å². The van der Waals surface area contributed by atoms with Gasteiger partial charge in [-0.2, -0.15) is 13.2 Å². The maximum atomic E-state index is 12.7. The topological polar surface area (TPSA) is 53.4 Å². The Kier molecular flexibility index (Phi) is 2.94. The maximum absolute atomic E-state index is 12.7. The van der Waals surface area contributed by atoms with E-state index in [4.69, 9.17) is 16.7 Å². The Bertz CT molecular complexity index is 530. The number of carboxylic acid groups (broad SMARTS) is 1. The summed E-state index contributed by atoms with van der Waals surface area (Å²) in [5, 5.41) is 9.12. The number of rotatable bonds is 0. The molecule has 0 radical (unpaired) electrons. The first-order valence-corrected chi connectivity index (χ1v) is 5.11. The molecule has 1 aliphatic rings. The van der Waals surface area contributed by atoms with Crippen molar-refractivity contribution in [1.82, 2.24) is 4.98 Å². The Morgan fingerprint density at radius 2 is 2.17 bits per heavy atom. The van der Waals surface area contributed by atoms with E-state index in [2.05, 4.69) is 4.98 Å². The molecule has 1 atom stereocenters. The van der Waals surface area contributed by atoms with Gasteiger partial charge in [0, 0.05) is 11.8 Å². The summed E-state index contributed by atoms with van der Waals surface area (Å²) in [7, 11) is 0. The molecule has 0 spiro atoms. The predicted octanol–water partition coefficient (Wildman–Crippen LogP) is 3.18. The van der Waals surface area contributed by atoms with Gasteiger partial charge in [-0.3, -0.25) is 0 Å². The Morgan fingerprint density at radius 1 is 1.50 bits per heavy atom. The van der Waals surface area contributed by atoms with Crippen molar-refractivity contribution in [3.8, 4) is 0 Å². The van der Waals surface area contributed by atoms with E-state index >= 15 is 0 Å². The van der Waals surface area contributed by atoms with Crippen LogP contribution in [0.4, 0.5) is 23.8 Å². The third-order valence-electron chi connectivity index (χ3n) is 2.37. The van der Waals surface area contributed by atoms with Gasteiger partial charge < -0.3 is 5.11 Å². The van der Waals surface area contributed by atoms with Crippen molar-refractivity contribution in [3.63, 3.8) is 0 Å². The van der Waals surface area contributed by atoms with E-state index in [1.165, 1.54) is 6.07 Å². The van der Waals surface area contributed by atoms with Crippen molar-refractivity contribution in [3.05, 3.63) is 28.9 Å². The molecule has 96 valence electrons. The smallest absolute Gasteiger partial charge is 0.413 e. The average Bonchev–Trinajstić information content (AvgIpc) is 2.25. The summed E-state index contributed by atoms with van der Waals surface area (Å²) in [6.45, 7) is 0. The van der Waals surface area contributed by atoms with Gasteiger partial charge in [0.25, 0.3) is 0 Å². The zero-order valence-corrected chi connectivity index (χ0v) is 9.40. The van der Waals surface area contributed by atoms with Crippen LogP contribution in [0, 0.1) is 0 Å². The first kappa shape index (κ1) is 12.7. The van der Waals surface area contributed by atoms with Crippen LogP contribution in [0.2, 0.25) is 5.02 Å². The highest BCUT2D eigenvalue weighted by Gasteiger charge is 2.47. The molecule has 1 aromatic heterocycles. The lowest BCUT2D eigenvalue weighted by Gasteiger charge is -2.31. The summed E-state index contributed by atoms with van der Waals surface area (Å²) in [4.78, 5) is 14.8. The third kappa shape index (κ3) is 2.13. The summed E-state index contributed by atoms with van der Waals surface area (Å²) < 4.78 is 38.1. The number of halogens is 4. The van der Waals surface area contributed by atoms with Gasteiger partial charge in [0.15, 0.2) is 6.04 Å². The lowest BCUT2D eigenvalue weighted by Crippen LogP contribution is -2.49. The number of fused-ring (bicyclic) bond motifs is 1. The fraction of sp³-hybridized carbons (Fsp3) is 0.200. The van der Waals surface area contributed by atoms with Gasteiger partial charge >= 0.3 is 12.3 Å². The highest BCUT2D eigenvalue weighted by Crippen LogP contribution is 2.35. The lowest BCUT2D eigenvalue weighted by atomic mass is 10.1. The second-order valence-electron chi connectivity index (χ2n) is 3.56. The first-order chi connectivity index (χ1) is 8.30. The molecule has 0 saturated carbocycles. The highest BCUT2D eigenvalue weighted by molar-refractivity contribution is 6.30. The van der Waals surface area contributed by atoms with Gasteiger partial charge in [0.2, 0.25) is 0 Å². The second kappa shape index (κ2) is 4.16. The summed E-state index contributed by atoms with van der Waals surface area (Å²) >= 11 is 5.65. The molecule has 1 aromatic rings. The zero-order chi connectivity index (χ0) is 13.5. The molecule has 1 unspecified atom stereocenters. The van der Waals surface area contributed by atoms with Crippen molar-refractivity contribution in [1.29, 1.82) is 0 Å². The SMILES string of the molecule is O=C(O)N1c2ncc(Cl)cc2C=CC1C(F)(F)F. The molecule has 2 heterocycles. The van der Waals surface area contributed by atoms with E-state index in [1.54, 1.807) is 0 Å². The first-order valence-electron chi connectivity index (χ1n) is 4.73. The number of aromatic nitrogens is 1. The van der Waals surface area contributed by atoms with Crippen LogP contribution >= 0.6 is 11.6 Å². The number of alkyl halides is 3. The molecule has 0 bridgehead atoms. The van der Waals surface area contributed by atoms with Gasteiger partial charge in [-0.15, -0.1) is 0 Å². The molecule has 0 aliphatic carbocycles. The van der Waals surface area contributed by atoms with Crippen LogP contribution in [0.5, 0.6) is 0 Å². The summed E-state index contributed by atoms with van der Waals surface area (Å²) in [6.07, 6.45) is -3.41. The molecule has 0 saturated heterocycles. The van der Waals surface area contributed by atoms with Crippen molar-refractivity contribution < 1.29 is 23.1 Å². The molecule has 1 N–H and O–H groups in total. The minimum atomic E-state index is -4.70. The van der Waals surface area contributed by atoms with Crippen LogP contribution in [-0.4, -0.2) is 28.4 Å². The summed E-state index contributed by atoms with van der Waals surface area (Å²) in [5.74, 6) is -0.281. The molecule has 0 aromatic carbocycles.